The molecule has 1 saturated heterocycles. The van der Waals surface area contributed by atoms with Crippen LogP contribution >= 0.6 is 0 Å². The van der Waals surface area contributed by atoms with Crippen LogP contribution in [0.3, 0.4) is 0 Å². The first-order chi connectivity index (χ1) is 12.0. The highest BCUT2D eigenvalue weighted by Gasteiger charge is 2.45. The topological polar surface area (TPSA) is 108 Å². The summed E-state index contributed by atoms with van der Waals surface area (Å²) in [5.41, 5.74) is 0.889. The maximum Gasteiger partial charge on any atom is 0.330 e. The molecule has 0 unspecified atom stereocenters. The lowest BCUT2D eigenvalue weighted by atomic mass is 10.1. The Labute approximate surface area is 145 Å². The second-order valence-corrected chi connectivity index (χ2v) is 5.52. The molecule has 0 radical (unpaired) electrons. The van der Waals surface area contributed by atoms with Gasteiger partial charge in [-0.15, -0.1) is 0 Å². The Kier molecular flexibility index (Phi) is 7.05. The smallest absolute Gasteiger partial charge is 0.330 e. The highest BCUT2D eigenvalue weighted by molar-refractivity contribution is 5.81. The Morgan fingerprint density at radius 2 is 2.12 bits per heavy atom. The van der Waals surface area contributed by atoms with Crippen molar-refractivity contribution >= 4 is 5.97 Å². The van der Waals surface area contributed by atoms with Gasteiger partial charge in [-0.25, -0.2) is 4.79 Å². The molecule has 0 bridgehead atoms. The predicted octanol–water partition coefficient (Wildman–Crippen LogP) is 1.10. The highest BCUT2D eigenvalue weighted by atomic mass is 16.6. The van der Waals surface area contributed by atoms with Gasteiger partial charge in [-0.05, 0) is 18.6 Å². The molecule has 8 nitrogen and oxygen atoms in total. The van der Waals surface area contributed by atoms with Crippen molar-refractivity contribution in [1.29, 1.82) is 0 Å². The summed E-state index contributed by atoms with van der Waals surface area (Å²) in [5.74, 6) is -0.555. The van der Waals surface area contributed by atoms with E-state index < -0.39 is 41.9 Å². The number of aliphatic hydroxyl groups excluding tert-OH is 1. The number of esters is 1. The molecule has 1 aliphatic rings. The number of benzene rings is 1. The van der Waals surface area contributed by atoms with Gasteiger partial charge in [0.15, 0.2) is 6.10 Å². The van der Waals surface area contributed by atoms with Gasteiger partial charge in [-0.2, -0.15) is 0 Å². The van der Waals surface area contributed by atoms with Gasteiger partial charge in [0.2, 0.25) is 6.54 Å². The molecule has 1 aliphatic heterocycles. The van der Waals surface area contributed by atoms with Gasteiger partial charge < -0.3 is 19.3 Å². The van der Waals surface area contributed by atoms with E-state index in [-0.39, 0.29) is 13.2 Å². The summed E-state index contributed by atoms with van der Waals surface area (Å²) in [5, 5.41) is 21.0. The molecule has 0 aliphatic carbocycles. The summed E-state index contributed by atoms with van der Waals surface area (Å²) < 4.78 is 16.0. The van der Waals surface area contributed by atoms with Crippen LogP contribution in [0.5, 0.6) is 0 Å². The Morgan fingerprint density at radius 3 is 2.76 bits per heavy atom. The average Bonchev–Trinajstić information content (AvgIpc) is 2.87. The van der Waals surface area contributed by atoms with Crippen molar-refractivity contribution in [2.75, 3.05) is 13.2 Å². The minimum absolute atomic E-state index is 0.209. The predicted molar refractivity (Wildman–Crippen MR) is 87.3 cm³/mol. The Morgan fingerprint density at radius 1 is 1.40 bits per heavy atom. The van der Waals surface area contributed by atoms with Crippen LogP contribution in [0.15, 0.2) is 42.5 Å². The third kappa shape index (κ3) is 5.63. The maximum atomic E-state index is 11.5. The van der Waals surface area contributed by atoms with Crippen molar-refractivity contribution in [3.63, 3.8) is 0 Å². The number of hydrogen-bond donors (Lipinski definition) is 1. The lowest BCUT2D eigenvalue weighted by Gasteiger charge is -2.19. The fourth-order valence-corrected chi connectivity index (χ4v) is 2.54. The normalized spacial score (nSPS) is 26.0. The molecule has 0 spiro atoms. The lowest BCUT2D eigenvalue weighted by molar-refractivity contribution is -0.492. The monoisotopic (exact) mass is 351 g/mol. The first-order valence-electron chi connectivity index (χ1n) is 7.97. The zero-order chi connectivity index (χ0) is 18.2. The summed E-state index contributed by atoms with van der Waals surface area (Å²) in [6, 6.07) is 9.30. The molecule has 0 saturated carbocycles. The van der Waals surface area contributed by atoms with Gasteiger partial charge in [0.25, 0.3) is 0 Å². The number of hydrogen-bond acceptors (Lipinski definition) is 7. The quantitative estimate of drug-likeness (QED) is 0.323. The number of aliphatic hydroxyl groups is 1. The standard InChI is InChI=1S/C17H21NO7/c1-2-23-15(19)9-8-13-17(16(20)14(25-13)10-18(21)22)24-11-12-6-4-3-5-7-12/h3-9,13-14,16-17,20H,2,10-11H2,1H3/b9-8+/t13-,14-,16+,17+/m1/s1. The number of nitrogens with zero attached hydrogens (tertiary/aromatic N) is 1. The Balaban J connectivity index is 2.06. The zero-order valence-electron chi connectivity index (χ0n) is 13.8. The summed E-state index contributed by atoms with van der Waals surface area (Å²) in [7, 11) is 0. The van der Waals surface area contributed by atoms with E-state index in [1.54, 1.807) is 6.92 Å². The number of nitro groups is 1. The van der Waals surface area contributed by atoms with Gasteiger partial charge in [0, 0.05) is 11.0 Å². The van der Waals surface area contributed by atoms with E-state index in [0.717, 1.165) is 5.56 Å². The zero-order valence-corrected chi connectivity index (χ0v) is 13.8. The molecule has 1 aromatic rings. The molecule has 136 valence electrons. The fourth-order valence-electron chi connectivity index (χ4n) is 2.54. The molecule has 1 N–H and O–H groups in total. The van der Waals surface area contributed by atoms with E-state index in [1.807, 2.05) is 30.3 Å². The molecule has 2 rings (SSSR count). The van der Waals surface area contributed by atoms with Crippen LogP contribution in [0.1, 0.15) is 12.5 Å². The Hall–Kier alpha value is -2.29. The first kappa shape index (κ1) is 19.0. The SMILES string of the molecule is CCOC(=O)/C=C/[C@H]1O[C@H](C[N+](=O)[O-])[C@H](O)[C@H]1OCc1ccccc1. The van der Waals surface area contributed by atoms with Crippen LogP contribution < -0.4 is 0 Å². The van der Waals surface area contributed by atoms with Crippen molar-refractivity contribution in [1.82, 2.24) is 0 Å². The molecular formula is C17H21NO7. The first-order valence-corrected chi connectivity index (χ1v) is 7.97. The van der Waals surface area contributed by atoms with E-state index in [2.05, 4.69) is 0 Å². The molecule has 1 aromatic carbocycles. The van der Waals surface area contributed by atoms with Crippen LogP contribution in [-0.2, 0) is 25.6 Å². The van der Waals surface area contributed by atoms with Crippen LogP contribution in [0, 0.1) is 10.1 Å². The Bertz CT molecular complexity index is 604. The van der Waals surface area contributed by atoms with Crippen molar-refractivity contribution < 1.29 is 29.0 Å². The van der Waals surface area contributed by atoms with E-state index >= 15 is 0 Å². The van der Waals surface area contributed by atoms with Crippen LogP contribution in [-0.4, -0.2) is 53.6 Å². The van der Waals surface area contributed by atoms with E-state index in [4.69, 9.17) is 14.2 Å². The van der Waals surface area contributed by atoms with Crippen molar-refractivity contribution in [2.45, 2.75) is 37.9 Å². The van der Waals surface area contributed by atoms with Gasteiger partial charge >= 0.3 is 5.97 Å². The van der Waals surface area contributed by atoms with Gasteiger partial charge in [-0.3, -0.25) is 10.1 Å². The van der Waals surface area contributed by atoms with Crippen molar-refractivity contribution in [3.05, 3.63) is 58.2 Å². The van der Waals surface area contributed by atoms with Crippen molar-refractivity contribution in [3.8, 4) is 0 Å². The molecule has 1 fully saturated rings. The molecule has 4 atom stereocenters. The average molecular weight is 351 g/mol. The summed E-state index contributed by atoms with van der Waals surface area (Å²) in [6.45, 7) is 1.58. The lowest BCUT2D eigenvalue weighted by Crippen LogP contribution is -2.37. The van der Waals surface area contributed by atoms with E-state index in [0.29, 0.717) is 0 Å². The number of rotatable bonds is 8. The third-order valence-corrected chi connectivity index (χ3v) is 3.70. The second kappa shape index (κ2) is 9.26. The number of carbonyl (C=O) groups excluding carboxylic acids is 1. The largest absolute Gasteiger partial charge is 0.463 e. The van der Waals surface area contributed by atoms with Gasteiger partial charge in [0.05, 0.1) is 13.2 Å². The summed E-state index contributed by atoms with van der Waals surface area (Å²) >= 11 is 0. The fraction of sp³-hybridized carbons (Fsp3) is 0.471. The molecule has 1 heterocycles. The van der Waals surface area contributed by atoms with Crippen LogP contribution in [0.4, 0.5) is 0 Å². The van der Waals surface area contributed by atoms with Crippen molar-refractivity contribution in [2.24, 2.45) is 0 Å². The molecular weight excluding hydrogens is 330 g/mol. The number of carbonyl (C=O) groups is 1. The van der Waals surface area contributed by atoms with Gasteiger partial charge in [0.1, 0.15) is 18.3 Å². The molecule has 0 amide bonds. The molecule has 0 aromatic heterocycles. The summed E-state index contributed by atoms with van der Waals surface area (Å²) in [4.78, 5) is 21.6. The highest BCUT2D eigenvalue weighted by Crippen LogP contribution is 2.26. The van der Waals surface area contributed by atoms with Gasteiger partial charge in [-0.1, -0.05) is 30.3 Å². The van der Waals surface area contributed by atoms with Crippen LogP contribution in [0.2, 0.25) is 0 Å². The number of ether oxygens (including phenoxy) is 3. The third-order valence-electron chi connectivity index (χ3n) is 3.70. The van der Waals surface area contributed by atoms with E-state index in [9.17, 15) is 20.0 Å². The molecule has 25 heavy (non-hydrogen) atoms. The summed E-state index contributed by atoms with van der Waals surface area (Å²) in [6.07, 6.45) is -1.21. The second-order valence-electron chi connectivity index (χ2n) is 5.52. The maximum absolute atomic E-state index is 11.5. The minimum atomic E-state index is -1.18. The van der Waals surface area contributed by atoms with E-state index in [1.165, 1.54) is 12.2 Å². The van der Waals surface area contributed by atoms with Crippen LogP contribution in [0.25, 0.3) is 0 Å². The molecule has 8 heteroatoms. The minimum Gasteiger partial charge on any atom is -0.463 e.